The number of nitrogens with two attached hydrogens (primary N) is 1. The first-order valence-electron chi connectivity index (χ1n) is 4.90. The molecule has 0 amide bonds. The van der Waals surface area contributed by atoms with Gasteiger partial charge in [0, 0.05) is 12.0 Å². The Morgan fingerprint density at radius 3 is 3.13 bits per heavy atom. The Morgan fingerprint density at radius 2 is 2.40 bits per heavy atom. The molecule has 0 bridgehead atoms. The van der Waals surface area contributed by atoms with Gasteiger partial charge in [-0.1, -0.05) is 12.1 Å². The fourth-order valence-corrected chi connectivity index (χ4v) is 1.81. The first-order chi connectivity index (χ1) is 7.18. The third-order valence-electron chi connectivity index (χ3n) is 2.60. The van der Waals surface area contributed by atoms with Crippen molar-refractivity contribution in [2.75, 3.05) is 6.61 Å². The lowest BCUT2D eigenvalue weighted by molar-refractivity contribution is -0.138. The average molecular weight is 207 g/mol. The van der Waals surface area contributed by atoms with E-state index in [2.05, 4.69) is 0 Å². The van der Waals surface area contributed by atoms with Crippen molar-refractivity contribution in [1.82, 2.24) is 0 Å². The van der Waals surface area contributed by atoms with Crippen LogP contribution in [0, 0.1) is 0 Å². The van der Waals surface area contributed by atoms with Gasteiger partial charge in [-0.3, -0.25) is 4.79 Å². The van der Waals surface area contributed by atoms with Gasteiger partial charge in [-0.25, -0.2) is 0 Å². The molecule has 0 aromatic heterocycles. The number of carboxylic acids is 1. The van der Waals surface area contributed by atoms with Gasteiger partial charge in [0.2, 0.25) is 0 Å². The molecule has 0 radical (unpaired) electrons. The van der Waals surface area contributed by atoms with E-state index >= 15 is 0 Å². The molecule has 15 heavy (non-hydrogen) atoms. The molecule has 0 spiro atoms. The van der Waals surface area contributed by atoms with Crippen LogP contribution in [-0.4, -0.2) is 23.7 Å². The van der Waals surface area contributed by atoms with Crippen LogP contribution in [-0.2, 0) is 17.6 Å². The maximum atomic E-state index is 10.6. The summed E-state index contributed by atoms with van der Waals surface area (Å²) in [7, 11) is 0. The van der Waals surface area contributed by atoms with E-state index in [1.165, 1.54) is 0 Å². The smallest absolute Gasteiger partial charge is 0.320 e. The molecular weight excluding hydrogens is 194 g/mol. The molecule has 2 rings (SSSR count). The van der Waals surface area contributed by atoms with Crippen LogP contribution in [0.5, 0.6) is 5.75 Å². The number of carboxylic acid groups (broad SMARTS) is 1. The second-order valence-corrected chi connectivity index (χ2v) is 3.64. The third-order valence-corrected chi connectivity index (χ3v) is 2.60. The Labute approximate surface area is 87.7 Å². The van der Waals surface area contributed by atoms with Gasteiger partial charge in [-0.15, -0.1) is 0 Å². The third kappa shape index (κ3) is 1.94. The minimum Gasteiger partial charge on any atom is -0.493 e. The number of carbonyl (C=O) groups is 1. The predicted molar refractivity (Wildman–Crippen MR) is 55.0 cm³/mol. The topological polar surface area (TPSA) is 72.5 Å². The van der Waals surface area contributed by atoms with Gasteiger partial charge in [0.05, 0.1) is 6.61 Å². The lowest BCUT2D eigenvalue weighted by Crippen LogP contribution is -2.32. The van der Waals surface area contributed by atoms with Gasteiger partial charge in [0.1, 0.15) is 11.8 Å². The maximum absolute atomic E-state index is 10.6. The zero-order chi connectivity index (χ0) is 10.8. The van der Waals surface area contributed by atoms with E-state index in [4.69, 9.17) is 15.6 Å². The summed E-state index contributed by atoms with van der Waals surface area (Å²) in [6, 6.07) is 4.85. The van der Waals surface area contributed by atoms with E-state index < -0.39 is 12.0 Å². The van der Waals surface area contributed by atoms with Crippen molar-refractivity contribution >= 4 is 5.97 Å². The van der Waals surface area contributed by atoms with Crippen molar-refractivity contribution in [2.24, 2.45) is 5.73 Å². The fraction of sp³-hybridized carbons (Fsp3) is 0.364. The highest BCUT2D eigenvalue weighted by atomic mass is 16.5. The molecule has 0 saturated heterocycles. The van der Waals surface area contributed by atoms with Gasteiger partial charge in [-0.2, -0.15) is 0 Å². The van der Waals surface area contributed by atoms with Crippen LogP contribution in [0.3, 0.4) is 0 Å². The molecule has 1 heterocycles. The van der Waals surface area contributed by atoms with Gasteiger partial charge >= 0.3 is 5.97 Å². The second-order valence-electron chi connectivity index (χ2n) is 3.64. The van der Waals surface area contributed by atoms with Crippen molar-refractivity contribution in [3.05, 3.63) is 29.3 Å². The summed E-state index contributed by atoms with van der Waals surface area (Å²) in [5, 5.41) is 8.74. The van der Waals surface area contributed by atoms with Crippen LogP contribution in [0.4, 0.5) is 0 Å². The lowest BCUT2D eigenvalue weighted by Gasteiger charge is -2.09. The summed E-state index contributed by atoms with van der Waals surface area (Å²) in [6.45, 7) is 0.675. The van der Waals surface area contributed by atoms with E-state index in [9.17, 15) is 4.79 Å². The van der Waals surface area contributed by atoms with Crippen molar-refractivity contribution in [3.63, 3.8) is 0 Å². The number of ether oxygens (including phenoxy) is 1. The Hall–Kier alpha value is -1.55. The molecule has 4 nitrogen and oxygen atoms in total. The molecule has 3 N–H and O–H groups in total. The zero-order valence-corrected chi connectivity index (χ0v) is 8.27. The van der Waals surface area contributed by atoms with E-state index in [1.807, 2.05) is 18.2 Å². The summed E-state index contributed by atoms with van der Waals surface area (Å²) >= 11 is 0. The largest absolute Gasteiger partial charge is 0.493 e. The Morgan fingerprint density at radius 1 is 1.60 bits per heavy atom. The highest BCUT2D eigenvalue weighted by Gasteiger charge is 2.19. The zero-order valence-electron chi connectivity index (χ0n) is 8.27. The molecule has 0 aliphatic carbocycles. The van der Waals surface area contributed by atoms with Crippen molar-refractivity contribution in [2.45, 2.75) is 18.9 Å². The van der Waals surface area contributed by atoms with Gasteiger partial charge < -0.3 is 15.6 Å². The quantitative estimate of drug-likeness (QED) is 0.760. The van der Waals surface area contributed by atoms with Crippen LogP contribution in [0.25, 0.3) is 0 Å². The van der Waals surface area contributed by atoms with Gasteiger partial charge in [0.25, 0.3) is 0 Å². The Balaban J connectivity index is 2.22. The molecule has 1 atom stereocenters. The standard InChI is InChI=1S/C11H13NO3/c12-9(11(13)14)6-7-2-1-3-10-8(7)4-5-15-10/h1-3,9H,4-6,12H2,(H,13,14). The normalized spacial score (nSPS) is 15.5. The summed E-state index contributed by atoms with van der Waals surface area (Å²) in [5.41, 5.74) is 7.59. The van der Waals surface area contributed by atoms with Crippen LogP contribution in [0.2, 0.25) is 0 Å². The maximum Gasteiger partial charge on any atom is 0.320 e. The van der Waals surface area contributed by atoms with E-state index in [0.717, 1.165) is 23.3 Å². The summed E-state index contributed by atoms with van der Waals surface area (Å²) in [5.74, 6) is -0.100. The van der Waals surface area contributed by atoms with Crippen LogP contribution in [0.15, 0.2) is 18.2 Å². The summed E-state index contributed by atoms with van der Waals surface area (Å²) in [4.78, 5) is 10.6. The molecule has 1 aliphatic heterocycles. The van der Waals surface area contributed by atoms with Crippen LogP contribution < -0.4 is 10.5 Å². The molecule has 0 saturated carbocycles. The molecule has 80 valence electrons. The van der Waals surface area contributed by atoms with Gasteiger partial charge in [0.15, 0.2) is 0 Å². The SMILES string of the molecule is NC(Cc1cccc2c1CCO2)C(=O)O. The number of fused-ring (bicyclic) bond motifs is 1. The molecule has 1 unspecified atom stereocenters. The number of aliphatic carboxylic acids is 1. The number of hydrogen-bond acceptors (Lipinski definition) is 3. The van der Waals surface area contributed by atoms with Crippen LogP contribution in [0.1, 0.15) is 11.1 Å². The summed E-state index contributed by atoms with van der Waals surface area (Å²) < 4.78 is 5.39. The number of rotatable bonds is 3. The van der Waals surface area contributed by atoms with Crippen molar-refractivity contribution < 1.29 is 14.6 Å². The van der Waals surface area contributed by atoms with Crippen LogP contribution >= 0.6 is 0 Å². The second kappa shape index (κ2) is 3.90. The molecule has 1 aromatic rings. The van der Waals surface area contributed by atoms with E-state index in [-0.39, 0.29) is 0 Å². The highest BCUT2D eigenvalue weighted by Crippen LogP contribution is 2.28. The molecular formula is C11H13NO3. The average Bonchev–Trinajstić information content (AvgIpc) is 2.66. The lowest BCUT2D eigenvalue weighted by atomic mass is 9.99. The predicted octanol–water partition coefficient (Wildman–Crippen LogP) is 0.576. The van der Waals surface area contributed by atoms with Gasteiger partial charge in [-0.05, 0) is 18.1 Å². The monoisotopic (exact) mass is 207 g/mol. The molecule has 1 aliphatic rings. The first kappa shape index (κ1) is 9.98. The molecule has 0 fully saturated rings. The van der Waals surface area contributed by atoms with Crippen molar-refractivity contribution in [1.29, 1.82) is 0 Å². The molecule has 1 aromatic carbocycles. The minimum atomic E-state index is -0.966. The first-order valence-corrected chi connectivity index (χ1v) is 4.90. The number of benzene rings is 1. The Kier molecular flexibility index (Phi) is 2.60. The highest BCUT2D eigenvalue weighted by molar-refractivity contribution is 5.73. The fourth-order valence-electron chi connectivity index (χ4n) is 1.81. The minimum absolute atomic E-state index is 0.363. The van der Waals surface area contributed by atoms with E-state index in [1.54, 1.807) is 0 Å². The Bertz CT molecular complexity index is 389. The number of hydrogen-bond donors (Lipinski definition) is 2. The summed E-state index contributed by atoms with van der Waals surface area (Å²) in [6.07, 6.45) is 1.21. The molecule has 4 heteroatoms. The van der Waals surface area contributed by atoms with Crippen molar-refractivity contribution in [3.8, 4) is 5.75 Å². The van der Waals surface area contributed by atoms with E-state index in [0.29, 0.717) is 13.0 Å².